The maximum Gasteiger partial charge on any atom is 0.414 e. The van der Waals surface area contributed by atoms with Crippen molar-refractivity contribution in [2.24, 2.45) is 0 Å². The van der Waals surface area contributed by atoms with E-state index in [-0.39, 0.29) is 17.9 Å². The highest BCUT2D eigenvalue weighted by molar-refractivity contribution is 7.89. The molecule has 0 saturated carbocycles. The lowest BCUT2D eigenvalue weighted by Crippen LogP contribution is -2.52. The number of sulfonamides is 1. The third-order valence-electron chi connectivity index (χ3n) is 5.82. The van der Waals surface area contributed by atoms with Crippen LogP contribution in [-0.4, -0.2) is 84.1 Å². The van der Waals surface area contributed by atoms with Gasteiger partial charge in [0.05, 0.1) is 11.9 Å². The molecule has 208 valence electrons. The summed E-state index contributed by atoms with van der Waals surface area (Å²) in [6.45, 7) is 6.92. The van der Waals surface area contributed by atoms with Crippen LogP contribution in [0.15, 0.2) is 35.4 Å². The van der Waals surface area contributed by atoms with E-state index in [1.54, 1.807) is 66.1 Å². The second-order valence-electron chi connectivity index (χ2n) is 10.3. The molecule has 2 atom stereocenters. The van der Waals surface area contributed by atoms with E-state index in [1.165, 1.54) is 11.1 Å². The van der Waals surface area contributed by atoms with Crippen LogP contribution in [0.2, 0.25) is 0 Å². The number of aryl methyl sites for hydroxylation is 1. The first kappa shape index (κ1) is 29.1. The number of amides is 2. The van der Waals surface area contributed by atoms with Crippen LogP contribution in [0.3, 0.4) is 0 Å². The Morgan fingerprint density at radius 2 is 1.87 bits per heavy atom. The molecule has 0 spiro atoms. The minimum atomic E-state index is -3.97. The van der Waals surface area contributed by atoms with E-state index < -0.39 is 45.7 Å². The minimum absolute atomic E-state index is 0.0101. The third kappa shape index (κ3) is 7.10. The van der Waals surface area contributed by atoms with Gasteiger partial charge in [0.25, 0.3) is 0 Å². The monoisotopic (exact) mass is 549 g/mol. The molecule has 1 aliphatic heterocycles. The van der Waals surface area contributed by atoms with Crippen molar-refractivity contribution in [3.05, 3.63) is 41.7 Å². The highest BCUT2D eigenvalue weighted by atomic mass is 32.2. The van der Waals surface area contributed by atoms with Crippen molar-refractivity contribution < 1.29 is 32.3 Å². The van der Waals surface area contributed by atoms with Gasteiger partial charge in [-0.1, -0.05) is 12.1 Å². The first-order chi connectivity index (χ1) is 17.7. The predicted molar refractivity (Wildman–Crippen MR) is 138 cm³/mol. The number of hydrogen-bond acceptors (Lipinski definition) is 8. The fourth-order valence-corrected chi connectivity index (χ4v) is 5.75. The maximum atomic E-state index is 13.4. The number of aromatic nitrogens is 2. The van der Waals surface area contributed by atoms with Crippen molar-refractivity contribution in [1.29, 1.82) is 0 Å². The maximum absolute atomic E-state index is 13.4. The molecule has 1 saturated heterocycles. The molecule has 2 amide bonds. The molecule has 0 aliphatic carbocycles. The normalized spacial score (nSPS) is 17.1. The smallest absolute Gasteiger partial charge is 0.414 e. The average molecular weight is 550 g/mol. The standard InChI is InChI=1S/C25H35N5O7S/c1-16-21(15-26-28-16)38(34,35)30-13-7-8-20(30)22(31)27-19(23(32)37-25(2,3)4)14-17-9-11-18(12-10-17)36-24(33)29(5)6/h9-12,15,19-20H,7-8,13-14H2,1-6H3,(H,26,28)(H,27,31)/t19-,20-/m0/s1. The number of nitrogens with one attached hydrogen (secondary N) is 2. The second-order valence-corrected chi connectivity index (χ2v) is 12.2. The van der Waals surface area contributed by atoms with Crippen molar-refractivity contribution >= 4 is 28.0 Å². The molecule has 12 nitrogen and oxygen atoms in total. The summed E-state index contributed by atoms with van der Waals surface area (Å²) in [6, 6.07) is 4.47. The number of esters is 1. The zero-order valence-corrected chi connectivity index (χ0v) is 23.3. The van der Waals surface area contributed by atoms with Gasteiger partial charge in [-0.2, -0.15) is 9.40 Å². The summed E-state index contributed by atoms with van der Waals surface area (Å²) in [5, 5.41) is 9.12. The molecule has 2 heterocycles. The molecule has 13 heteroatoms. The summed E-state index contributed by atoms with van der Waals surface area (Å²) in [6.07, 6.45) is 1.59. The summed E-state index contributed by atoms with van der Waals surface area (Å²) < 4.78 is 38.4. The quantitative estimate of drug-likeness (QED) is 0.475. The van der Waals surface area contributed by atoms with Crippen LogP contribution >= 0.6 is 0 Å². The fourth-order valence-electron chi connectivity index (χ4n) is 3.97. The van der Waals surface area contributed by atoms with Crippen LogP contribution < -0.4 is 10.1 Å². The van der Waals surface area contributed by atoms with Gasteiger partial charge in [0, 0.05) is 27.1 Å². The molecule has 3 rings (SSSR count). The summed E-state index contributed by atoms with van der Waals surface area (Å²) in [4.78, 5) is 39.5. The molecule has 2 N–H and O–H groups in total. The molecular weight excluding hydrogens is 514 g/mol. The van der Waals surface area contributed by atoms with Gasteiger partial charge in [-0.05, 0) is 58.2 Å². The molecule has 0 radical (unpaired) electrons. The Balaban J connectivity index is 1.79. The Hall–Kier alpha value is -3.45. The van der Waals surface area contributed by atoms with Gasteiger partial charge in [-0.25, -0.2) is 18.0 Å². The summed E-state index contributed by atoms with van der Waals surface area (Å²) in [7, 11) is -0.833. The van der Waals surface area contributed by atoms with Crippen molar-refractivity contribution in [2.75, 3.05) is 20.6 Å². The van der Waals surface area contributed by atoms with Crippen molar-refractivity contribution in [1.82, 2.24) is 24.7 Å². The first-order valence-corrected chi connectivity index (χ1v) is 13.7. The number of hydrogen-bond donors (Lipinski definition) is 2. The van der Waals surface area contributed by atoms with Gasteiger partial charge >= 0.3 is 12.1 Å². The molecule has 0 bridgehead atoms. The zero-order valence-electron chi connectivity index (χ0n) is 22.5. The van der Waals surface area contributed by atoms with Crippen LogP contribution in [0, 0.1) is 6.92 Å². The van der Waals surface area contributed by atoms with Crippen molar-refractivity contribution in [2.45, 2.75) is 69.5 Å². The lowest BCUT2D eigenvalue weighted by molar-refractivity contribution is -0.158. The van der Waals surface area contributed by atoms with Gasteiger partial charge in [-0.3, -0.25) is 9.89 Å². The number of H-pyrrole nitrogens is 1. The summed E-state index contributed by atoms with van der Waals surface area (Å²) >= 11 is 0. The van der Waals surface area contributed by atoms with E-state index in [2.05, 4.69) is 15.5 Å². The van der Waals surface area contributed by atoms with E-state index in [4.69, 9.17) is 9.47 Å². The molecule has 1 aromatic carbocycles. The van der Waals surface area contributed by atoms with Crippen LogP contribution in [0.4, 0.5) is 4.79 Å². The predicted octanol–water partition coefficient (Wildman–Crippen LogP) is 2.00. The summed E-state index contributed by atoms with van der Waals surface area (Å²) in [5.41, 5.74) is 0.254. The number of carbonyl (C=O) groups is 3. The highest BCUT2D eigenvalue weighted by Crippen LogP contribution is 2.27. The topological polar surface area (TPSA) is 151 Å². The largest absolute Gasteiger partial charge is 0.458 e. The Morgan fingerprint density at radius 1 is 1.21 bits per heavy atom. The number of nitrogens with zero attached hydrogens (tertiary/aromatic N) is 3. The van der Waals surface area contributed by atoms with Crippen LogP contribution in [0.1, 0.15) is 44.9 Å². The number of aromatic amines is 1. The highest BCUT2D eigenvalue weighted by Gasteiger charge is 2.41. The molecule has 38 heavy (non-hydrogen) atoms. The number of rotatable bonds is 8. The van der Waals surface area contributed by atoms with E-state index in [0.717, 1.165) is 4.31 Å². The van der Waals surface area contributed by atoms with Gasteiger partial charge in [0.1, 0.15) is 28.3 Å². The molecule has 0 unspecified atom stereocenters. The molecular formula is C25H35N5O7S. The van der Waals surface area contributed by atoms with Crippen molar-refractivity contribution in [3.8, 4) is 5.75 Å². The van der Waals surface area contributed by atoms with E-state index in [1.807, 2.05) is 0 Å². The lowest BCUT2D eigenvalue weighted by atomic mass is 10.0. The number of benzene rings is 1. The van der Waals surface area contributed by atoms with E-state index >= 15 is 0 Å². The lowest BCUT2D eigenvalue weighted by Gasteiger charge is -2.27. The van der Waals surface area contributed by atoms with Gasteiger partial charge < -0.3 is 19.7 Å². The molecule has 2 aromatic rings. The van der Waals surface area contributed by atoms with Crippen LogP contribution in [-0.2, 0) is 30.8 Å². The second kappa shape index (κ2) is 11.5. The molecule has 1 fully saturated rings. The number of carbonyl (C=O) groups excluding carboxylic acids is 3. The fraction of sp³-hybridized carbons (Fsp3) is 0.520. The Morgan fingerprint density at radius 3 is 2.42 bits per heavy atom. The zero-order chi connectivity index (χ0) is 28.3. The van der Waals surface area contributed by atoms with Gasteiger partial charge in [0.2, 0.25) is 15.9 Å². The van der Waals surface area contributed by atoms with Crippen LogP contribution in [0.5, 0.6) is 5.75 Å². The van der Waals surface area contributed by atoms with Crippen LogP contribution in [0.25, 0.3) is 0 Å². The van der Waals surface area contributed by atoms with Gasteiger partial charge in [0.15, 0.2) is 0 Å². The summed E-state index contributed by atoms with van der Waals surface area (Å²) in [5.74, 6) is -0.904. The third-order valence-corrected chi connectivity index (χ3v) is 7.84. The molecule has 1 aromatic heterocycles. The Labute approximate surface area is 222 Å². The minimum Gasteiger partial charge on any atom is -0.458 e. The Kier molecular flexibility index (Phi) is 8.82. The van der Waals surface area contributed by atoms with E-state index in [9.17, 15) is 22.8 Å². The van der Waals surface area contributed by atoms with Gasteiger partial charge in [-0.15, -0.1) is 0 Å². The average Bonchev–Trinajstić information content (AvgIpc) is 3.48. The first-order valence-electron chi connectivity index (χ1n) is 12.2. The number of ether oxygens (including phenoxy) is 2. The Bertz CT molecular complexity index is 1270. The SMILES string of the molecule is Cc1[nH]ncc1S(=O)(=O)N1CCC[C@H]1C(=O)N[C@@H](Cc1ccc(OC(=O)N(C)C)cc1)C(=O)OC(C)(C)C. The molecule has 1 aliphatic rings. The van der Waals surface area contributed by atoms with E-state index in [0.29, 0.717) is 29.8 Å². The van der Waals surface area contributed by atoms with Crippen molar-refractivity contribution in [3.63, 3.8) is 0 Å².